The van der Waals surface area contributed by atoms with E-state index in [1.54, 1.807) is 0 Å². The van der Waals surface area contributed by atoms with Crippen LogP contribution in [0.1, 0.15) is 15.9 Å². The van der Waals surface area contributed by atoms with Gasteiger partial charge in [-0.25, -0.2) is 0 Å². The van der Waals surface area contributed by atoms with Crippen LogP contribution in [-0.4, -0.2) is 33.3 Å². The first-order valence-corrected chi connectivity index (χ1v) is 40.1. The minimum Gasteiger partial charge on any atom is -0.317 e. The number of fused-ring (bicyclic) bond motifs is 25. The van der Waals surface area contributed by atoms with Crippen molar-refractivity contribution in [3.63, 3.8) is 0 Å². The standard InChI is InChI=1S/C44H28N2.C38H24N2.C28H20N2O/c1-3-11-29(12-4-1)30-19-21-36-37-22-20-33(27-40(37)35-16-8-7-15-34(35)39(36)25-30)46-42-18-10-9-17-38(42)41-28-43-31(26-44(41)46)23-24-45(43)32-13-5-2-6-14-32;1-2-10-26(11-3-1)39-21-20-25-22-38-35(24-37(25)39)33-16-8-9-17-36(33)40(38)27-18-19-32-30-14-5-4-12-28(30)29-13-6-7-15-31(29)34(32)23-27;1-19-11-13-21(14-12-19)28(31)30-25-10-6-5-9-23(25)24-16-15-20-17-18-29(26(20)27(24)30)22-7-3-2-4-8-22/h1-28H;1-24H;2-18H,1H3. The van der Waals surface area contributed by atoms with Gasteiger partial charge in [0.1, 0.15) is 0 Å². The van der Waals surface area contributed by atoms with Crippen molar-refractivity contribution in [1.82, 2.24) is 27.4 Å². The summed E-state index contributed by atoms with van der Waals surface area (Å²) < 4.78 is 13.5. The van der Waals surface area contributed by atoms with E-state index in [1.807, 2.05) is 72.2 Å². The lowest BCUT2D eigenvalue weighted by Crippen LogP contribution is -2.12. The lowest BCUT2D eigenvalue weighted by molar-refractivity contribution is 0.0969. The van der Waals surface area contributed by atoms with E-state index in [0.29, 0.717) is 5.56 Å². The molecule has 0 aliphatic carbocycles. The first-order chi connectivity index (χ1) is 57.9. The summed E-state index contributed by atoms with van der Waals surface area (Å²) in [7, 11) is 0. The number of nitrogens with zero attached hydrogens (tertiary/aromatic N) is 6. The van der Waals surface area contributed by atoms with Crippen LogP contribution in [0.4, 0.5) is 0 Å². The molecule has 0 saturated heterocycles. The zero-order chi connectivity index (χ0) is 77.3. The molecule has 0 spiro atoms. The van der Waals surface area contributed by atoms with E-state index >= 15 is 0 Å². The Morgan fingerprint density at radius 2 is 0.564 bits per heavy atom. The molecular weight excluding hydrogens is 1420 g/mol. The van der Waals surface area contributed by atoms with Crippen LogP contribution in [0.25, 0.3) is 202 Å². The highest BCUT2D eigenvalue weighted by Crippen LogP contribution is 2.45. The molecule has 0 bridgehead atoms. The van der Waals surface area contributed by atoms with Gasteiger partial charge in [-0.15, -0.1) is 0 Å². The predicted octanol–water partition coefficient (Wildman–Crippen LogP) is 28.8. The van der Waals surface area contributed by atoms with Crippen molar-refractivity contribution in [2.45, 2.75) is 6.92 Å². The highest BCUT2D eigenvalue weighted by Gasteiger charge is 2.24. The lowest BCUT2D eigenvalue weighted by atomic mass is 9.92. The number of hydrogen-bond acceptors (Lipinski definition) is 1. The van der Waals surface area contributed by atoms with Gasteiger partial charge in [-0.3, -0.25) is 9.36 Å². The number of hydrogen-bond donors (Lipinski definition) is 0. The largest absolute Gasteiger partial charge is 0.317 e. The van der Waals surface area contributed by atoms with Gasteiger partial charge < -0.3 is 22.8 Å². The van der Waals surface area contributed by atoms with E-state index in [1.165, 1.54) is 164 Å². The fourth-order valence-electron chi connectivity index (χ4n) is 18.8. The van der Waals surface area contributed by atoms with Crippen LogP contribution in [-0.2, 0) is 0 Å². The molecular formula is C110H72N6O. The normalized spacial score (nSPS) is 11.8. The van der Waals surface area contributed by atoms with Crippen molar-refractivity contribution in [3.05, 3.63) is 430 Å². The molecule has 0 aliphatic rings. The second kappa shape index (κ2) is 27.1. The fourth-order valence-corrected chi connectivity index (χ4v) is 18.8. The second-order valence-corrected chi connectivity index (χ2v) is 30.8. The number of carbonyl (C=O) groups excluding carboxylic acids is 1. The highest BCUT2D eigenvalue weighted by molar-refractivity contribution is 6.28. The van der Waals surface area contributed by atoms with Crippen LogP contribution in [0.15, 0.2) is 419 Å². The summed E-state index contributed by atoms with van der Waals surface area (Å²) in [5.74, 6) is -0.0143. The monoisotopic (exact) mass is 1490 g/mol. The van der Waals surface area contributed by atoms with Gasteiger partial charge in [0.15, 0.2) is 0 Å². The first-order valence-electron chi connectivity index (χ1n) is 40.1. The van der Waals surface area contributed by atoms with Crippen molar-refractivity contribution < 1.29 is 4.79 Å². The number of rotatable bonds is 7. The smallest absolute Gasteiger partial charge is 0.262 e. The SMILES string of the molecule is Cc1ccc(C(=O)n2c3ccccc3c3ccc4ccn(-c5ccccc5)c4c32)cc1.c1ccc(-c2ccc3c4ccc(-n5c6ccccc6c6cc7c(ccn7-c7ccccc7)cc65)cc4c4ccccc4c3c2)cc1.c1ccc(-n2ccc3cc4c(cc32)c2ccccc2n4-c2ccc3c4ccccc4c4ccccc4c3c2)cc1. The Kier molecular flexibility index (Phi) is 15.6. The summed E-state index contributed by atoms with van der Waals surface area (Å²) >= 11 is 0. The van der Waals surface area contributed by atoms with E-state index in [2.05, 4.69) is 381 Å². The van der Waals surface area contributed by atoms with Gasteiger partial charge in [0, 0.05) is 101 Å². The second-order valence-electron chi connectivity index (χ2n) is 30.8. The Balaban J connectivity index is 0.000000105. The van der Waals surface area contributed by atoms with Gasteiger partial charge in [0.2, 0.25) is 0 Å². The molecule has 0 radical (unpaired) electrons. The van der Waals surface area contributed by atoms with Crippen LogP contribution in [0, 0.1) is 6.92 Å². The Morgan fingerprint density at radius 1 is 0.205 bits per heavy atom. The van der Waals surface area contributed by atoms with Crippen molar-refractivity contribution in [2.75, 3.05) is 0 Å². The summed E-state index contributed by atoms with van der Waals surface area (Å²) in [6.07, 6.45) is 6.44. The average Bonchev–Trinajstić information content (AvgIpc) is 1.68. The third-order valence-electron chi connectivity index (χ3n) is 24.2. The molecule has 0 saturated carbocycles. The third kappa shape index (κ3) is 10.9. The molecule has 0 N–H and O–H groups in total. The topological polar surface area (TPSA) is 46.6 Å². The summed E-state index contributed by atoms with van der Waals surface area (Å²) in [6.45, 7) is 2.03. The molecule has 6 heterocycles. The maximum absolute atomic E-state index is 13.8. The molecule has 548 valence electrons. The van der Waals surface area contributed by atoms with Gasteiger partial charge >= 0.3 is 0 Å². The Bertz CT molecular complexity index is 8270. The highest BCUT2D eigenvalue weighted by atomic mass is 16.2. The number of aromatic nitrogens is 6. The van der Waals surface area contributed by atoms with Gasteiger partial charge in [-0.1, -0.05) is 266 Å². The zero-order valence-electron chi connectivity index (χ0n) is 63.9. The molecule has 117 heavy (non-hydrogen) atoms. The summed E-state index contributed by atoms with van der Waals surface area (Å²) in [4.78, 5) is 13.8. The van der Waals surface area contributed by atoms with Crippen molar-refractivity contribution >= 4 is 169 Å². The molecule has 0 aliphatic heterocycles. The molecule has 6 aromatic heterocycles. The maximum atomic E-state index is 13.8. The molecule has 19 aromatic carbocycles. The summed E-state index contributed by atoms with van der Waals surface area (Å²) in [5, 5.41) is 26.3. The maximum Gasteiger partial charge on any atom is 0.262 e. The molecule has 25 rings (SSSR count). The molecule has 7 nitrogen and oxygen atoms in total. The molecule has 0 atom stereocenters. The van der Waals surface area contributed by atoms with E-state index in [9.17, 15) is 4.79 Å². The van der Waals surface area contributed by atoms with Crippen molar-refractivity contribution in [1.29, 1.82) is 0 Å². The predicted molar refractivity (Wildman–Crippen MR) is 493 cm³/mol. The van der Waals surface area contributed by atoms with E-state index in [4.69, 9.17) is 0 Å². The van der Waals surface area contributed by atoms with Crippen molar-refractivity contribution in [3.8, 4) is 39.6 Å². The summed E-state index contributed by atoms with van der Waals surface area (Å²) in [6, 6.07) is 143. The molecule has 7 heteroatoms. The Morgan fingerprint density at radius 3 is 1.04 bits per heavy atom. The van der Waals surface area contributed by atoms with Crippen LogP contribution in [0.3, 0.4) is 0 Å². The van der Waals surface area contributed by atoms with Gasteiger partial charge in [-0.2, -0.15) is 0 Å². The van der Waals surface area contributed by atoms with Gasteiger partial charge in [0.25, 0.3) is 5.91 Å². The zero-order valence-corrected chi connectivity index (χ0v) is 63.9. The average molecular weight is 1490 g/mol. The number of benzene rings is 19. The molecule has 0 amide bonds. The third-order valence-corrected chi connectivity index (χ3v) is 24.2. The Labute approximate surface area is 673 Å². The number of carbonyl (C=O) groups is 1. The van der Waals surface area contributed by atoms with Crippen LogP contribution in [0.2, 0.25) is 0 Å². The minimum atomic E-state index is -0.0143. The van der Waals surface area contributed by atoms with E-state index in [0.717, 1.165) is 44.0 Å². The number of para-hydroxylation sites is 6. The summed E-state index contributed by atoms with van der Waals surface area (Å²) in [5.41, 5.74) is 20.3. The molecule has 0 unspecified atom stereocenters. The molecule has 0 fully saturated rings. The lowest BCUT2D eigenvalue weighted by Gasteiger charge is -2.15. The quantitative estimate of drug-likeness (QED) is 0.147. The van der Waals surface area contributed by atoms with Gasteiger partial charge in [0.05, 0.1) is 49.7 Å². The first kappa shape index (κ1) is 67.2. The Hall–Kier alpha value is -15.6. The number of aryl methyl sites for hydroxylation is 1. The fraction of sp³-hybridized carbons (Fsp3) is 0.00909. The van der Waals surface area contributed by atoms with Crippen LogP contribution in [0.5, 0.6) is 0 Å². The van der Waals surface area contributed by atoms with Gasteiger partial charge in [-0.05, 0) is 222 Å². The minimum absolute atomic E-state index is 0.0143. The van der Waals surface area contributed by atoms with E-state index in [-0.39, 0.29) is 5.91 Å². The van der Waals surface area contributed by atoms with Crippen LogP contribution >= 0.6 is 0 Å². The van der Waals surface area contributed by atoms with Crippen LogP contribution < -0.4 is 0 Å². The van der Waals surface area contributed by atoms with Crippen molar-refractivity contribution in [2.24, 2.45) is 0 Å². The molecule has 25 aromatic rings. The van der Waals surface area contributed by atoms with E-state index < -0.39 is 0 Å².